The van der Waals surface area contributed by atoms with Crippen LogP contribution >= 0.6 is 0 Å². The molecule has 3 nitrogen and oxygen atoms in total. The number of carbonyl (C=O) groups is 1. The maximum atomic E-state index is 12.4. The summed E-state index contributed by atoms with van der Waals surface area (Å²) in [6.07, 6.45) is 4.64. The normalized spacial score (nSPS) is 20.7. The summed E-state index contributed by atoms with van der Waals surface area (Å²) in [7, 11) is 0. The molecule has 1 heterocycles. The van der Waals surface area contributed by atoms with Gasteiger partial charge in [-0.2, -0.15) is 0 Å². The number of hydrogen-bond donors (Lipinski definition) is 1. The van der Waals surface area contributed by atoms with E-state index in [1.165, 1.54) is 12.0 Å². The fourth-order valence-corrected chi connectivity index (χ4v) is 2.95. The van der Waals surface area contributed by atoms with E-state index in [0.29, 0.717) is 12.6 Å². The molecule has 1 N–H and O–H groups in total. The van der Waals surface area contributed by atoms with Gasteiger partial charge in [-0.25, -0.2) is 0 Å². The van der Waals surface area contributed by atoms with Crippen LogP contribution in [0, 0.1) is 0 Å². The Morgan fingerprint density at radius 1 is 1.35 bits per heavy atom. The lowest BCUT2D eigenvalue weighted by Gasteiger charge is -2.35. The minimum Gasteiger partial charge on any atom is -0.339 e. The van der Waals surface area contributed by atoms with E-state index in [1.54, 1.807) is 0 Å². The SMILES string of the molecule is CCC1CCCCN1C(=O)CNC(C)c1ccccc1. The van der Waals surface area contributed by atoms with Crippen LogP contribution in [0.25, 0.3) is 0 Å². The van der Waals surface area contributed by atoms with E-state index in [0.717, 1.165) is 25.8 Å². The Morgan fingerprint density at radius 3 is 2.80 bits per heavy atom. The summed E-state index contributed by atoms with van der Waals surface area (Å²) in [4.78, 5) is 14.4. The largest absolute Gasteiger partial charge is 0.339 e. The molecule has 0 saturated carbocycles. The van der Waals surface area contributed by atoms with Crippen LogP contribution in [0.15, 0.2) is 30.3 Å². The molecule has 1 aliphatic heterocycles. The van der Waals surface area contributed by atoms with E-state index in [4.69, 9.17) is 0 Å². The van der Waals surface area contributed by atoms with Crippen molar-refractivity contribution >= 4 is 5.91 Å². The molecule has 2 atom stereocenters. The predicted molar refractivity (Wildman–Crippen MR) is 82.5 cm³/mol. The second kappa shape index (κ2) is 7.44. The van der Waals surface area contributed by atoms with Gasteiger partial charge in [0.2, 0.25) is 5.91 Å². The number of nitrogens with one attached hydrogen (secondary N) is 1. The van der Waals surface area contributed by atoms with Gasteiger partial charge in [0.25, 0.3) is 0 Å². The molecule has 20 heavy (non-hydrogen) atoms. The standard InChI is InChI=1S/C17H26N2O/c1-3-16-11-7-8-12-19(16)17(20)13-18-14(2)15-9-5-4-6-10-15/h4-6,9-10,14,16,18H,3,7-8,11-13H2,1-2H3. The Morgan fingerprint density at radius 2 is 2.10 bits per heavy atom. The predicted octanol–water partition coefficient (Wildman–Crippen LogP) is 3.13. The summed E-state index contributed by atoms with van der Waals surface area (Å²) >= 11 is 0. The zero-order chi connectivity index (χ0) is 14.4. The van der Waals surface area contributed by atoms with Gasteiger partial charge in [-0.05, 0) is 38.2 Å². The maximum absolute atomic E-state index is 12.4. The van der Waals surface area contributed by atoms with E-state index >= 15 is 0 Å². The molecular formula is C17H26N2O. The Bertz CT molecular complexity index is 418. The van der Waals surface area contributed by atoms with Gasteiger partial charge in [-0.3, -0.25) is 4.79 Å². The molecule has 1 fully saturated rings. The molecule has 1 aromatic carbocycles. The van der Waals surface area contributed by atoms with Crippen molar-refractivity contribution in [3.05, 3.63) is 35.9 Å². The first-order valence-corrected chi connectivity index (χ1v) is 7.80. The van der Waals surface area contributed by atoms with Gasteiger partial charge < -0.3 is 10.2 Å². The van der Waals surface area contributed by atoms with Crippen molar-refractivity contribution in [3.8, 4) is 0 Å². The zero-order valence-corrected chi connectivity index (χ0v) is 12.6. The summed E-state index contributed by atoms with van der Waals surface area (Å²) in [5.74, 6) is 0.249. The molecule has 0 aliphatic carbocycles. The molecule has 0 aromatic heterocycles. The molecule has 0 bridgehead atoms. The summed E-state index contributed by atoms with van der Waals surface area (Å²) in [5, 5.41) is 3.35. The highest BCUT2D eigenvalue weighted by Crippen LogP contribution is 2.19. The molecule has 0 spiro atoms. The van der Waals surface area contributed by atoms with Gasteiger partial charge in [0.1, 0.15) is 0 Å². The molecule has 2 unspecified atom stereocenters. The van der Waals surface area contributed by atoms with Crippen LogP contribution in [0.3, 0.4) is 0 Å². The molecule has 1 aromatic rings. The summed E-state index contributed by atoms with van der Waals surface area (Å²) < 4.78 is 0. The highest BCUT2D eigenvalue weighted by atomic mass is 16.2. The molecule has 0 radical (unpaired) electrons. The first kappa shape index (κ1) is 15.0. The van der Waals surface area contributed by atoms with Crippen molar-refractivity contribution in [1.82, 2.24) is 10.2 Å². The van der Waals surface area contributed by atoms with E-state index in [2.05, 4.69) is 36.2 Å². The van der Waals surface area contributed by atoms with Gasteiger partial charge in [0.05, 0.1) is 6.54 Å². The average Bonchev–Trinajstić information content (AvgIpc) is 2.53. The molecule has 1 amide bonds. The lowest BCUT2D eigenvalue weighted by atomic mass is 10.00. The third-order valence-corrected chi connectivity index (χ3v) is 4.28. The van der Waals surface area contributed by atoms with Crippen molar-refractivity contribution in [2.24, 2.45) is 0 Å². The Labute approximate surface area is 122 Å². The second-order valence-electron chi connectivity index (χ2n) is 5.66. The number of benzene rings is 1. The number of piperidine rings is 1. The average molecular weight is 274 g/mol. The third-order valence-electron chi connectivity index (χ3n) is 4.28. The number of hydrogen-bond acceptors (Lipinski definition) is 2. The smallest absolute Gasteiger partial charge is 0.236 e. The highest BCUT2D eigenvalue weighted by molar-refractivity contribution is 5.78. The monoisotopic (exact) mass is 274 g/mol. The van der Waals surface area contributed by atoms with Crippen LogP contribution in [0.2, 0.25) is 0 Å². The van der Waals surface area contributed by atoms with Crippen LogP contribution in [-0.2, 0) is 4.79 Å². The quantitative estimate of drug-likeness (QED) is 0.894. The van der Waals surface area contributed by atoms with Gasteiger partial charge in [0.15, 0.2) is 0 Å². The zero-order valence-electron chi connectivity index (χ0n) is 12.6. The summed E-state index contributed by atoms with van der Waals surface area (Å²) in [6, 6.07) is 10.9. The van der Waals surface area contributed by atoms with E-state index in [-0.39, 0.29) is 11.9 Å². The minimum absolute atomic E-state index is 0.213. The van der Waals surface area contributed by atoms with Crippen LogP contribution in [0.1, 0.15) is 51.1 Å². The fourth-order valence-electron chi connectivity index (χ4n) is 2.95. The molecule has 2 rings (SSSR count). The molecule has 1 saturated heterocycles. The van der Waals surface area contributed by atoms with Gasteiger partial charge >= 0.3 is 0 Å². The number of carbonyl (C=O) groups excluding carboxylic acids is 1. The van der Waals surface area contributed by atoms with Gasteiger partial charge in [-0.15, -0.1) is 0 Å². The van der Waals surface area contributed by atoms with Crippen molar-refractivity contribution in [1.29, 1.82) is 0 Å². The molecule has 3 heteroatoms. The second-order valence-corrected chi connectivity index (χ2v) is 5.66. The maximum Gasteiger partial charge on any atom is 0.236 e. The molecule has 1 aliphatic rings. The Hall–Kier alpha value is -1.35. The molecule has 110 valence electrons. The summed E-state index contributed by atoms with van der Waals surface area (Å²) in [6.45, 7) is 5.65. The number of likely N-dealkylation sites (tertiary alicyclic amines) is 1. The van der Waals surface area contributed by atoms with Gasteiger partial charge in [0, 0.05) is 18.6 Å². The van der Waals surface area contributed by atoms with Gasteiger partial charge in [-0.1, -0.05) is 37.3 Å². The highest BCUT2D eigenvalue weighted by Gasteiger charge is 2.25. The number of nitrogens with zero attached hydrogens (tertiary/aromatic N) is 1. The van der Waals surface area contributed by atoms with Crippen molar-refractivity contribution in [3.63, 3.8) is 0 Å². The lowest BCUT2D eigenvalue weighted by molar-refractivity contribution is -0.134. The topological polar surface area (TPSA) is 32.3 Å². The number of amides is 1. The Balaban J connectivity index is 1.85. The van der Waals surface area contributed by atoms with Crippen LogP contribution in [0.5, 0.6) is 0 Å². The minimum atomic E-state index is 0.213. The molecular weight excluding hydrogens is 248 g/mol. The first-order valence-electron chi connectivity index (χ1n) is 7.80. The van der Waals surface area contributed by atoms with E-state index in [1.807, 2.05) is 18.2 Å². The summed E-state index contributed by atoms with van der Waals surface area (Å²) in [5.41, 5.74) is 1.23. The Kier molecular flexibility index (Phi) is 5.60. The first-order chi connectivity index (χ1) is 9.72. The fraction of sp³-hybridized carbons (Fsp3) is 0.588. The van der Waals surface area contributed by atoms with E-state index < -0.39 is 0 Å². The third kappa shape index (κ3) is 3.83. The number of rotatable bonds is 5. The lowest BCUT2D eigenvalue weighted by Crippen LogP contribution is -2.47. The van der Waals surface area contributed by atoms with Crippen molar-refractivity contribution < 1.29 is 4.79 Å². The van der Waals surface area contributed by atoms with E-state index in [9.17, 15) is 4.79 Å². The van der Waals surface area contributed by atoms with Crippen LogP contribution in [-0.4, -0.2) is 29.9 Å². The van der Waals surface area contributed by atoms with Crippen molar-refractivity contribution in [2.45, 2.75) is 51.6 Å². The van der Waals surface area contributed by atoms with Crippen LogP contribution < -0.4 is 5.32 Å². The van der Waals surface area contributed by atoms with Crippen LogP contribution in [0.4, 0.5) is 0 Å². The van der Waals surface area contributed by atoms with Crippen molar-refractivity contribution in [2.75, 3.05) is 13.1 Å².